The summed E-state index contributed by atoms with van der Waals surface area (Å²) >= 11 is 6.14. The monoisotopic (exact) mass is 187 g/mol. The summed E-state index contributed by atoms with van der Waals surface area (Å²) in [5, 5.41) is -0.266. The minimum Gasteiger partial charge on any atom is -0.260 e. The third-order valence-electron chi connectivity index (χ3n) is 1.03. The van der Waals surface area contributed by atoms with E-state index < -0.39 is 0 Å². The van der Waals surface area contributed by atoms with Crippen LogP contribution >= 0.6 is 23.5 Å². The Morgan fingerprint density at radius 1 is 1.36 bits per heavy atom. The van der Waals surface area contributed by atoms with Crippen LogP contribution in [-0.2, 0) is 0 Å². The molecule has 1 aromatic rings. The first-order valence-electron chi connectivity index (χ1n) is 2.96. The van der Waals surface area contributed by atoms with Crippen molar-refractivity contribution in [2.75, 3.05) is 0 Å². The third kappa shape index (κ3) is 2.82. The Morgan fingerprint density at radius 2 is 2.00 bits per heavy atom. The van der Waals surface area contributed by atoms with Crippen LogP contribution in [0, 0.1) is 0 Å². The molecule has 0 spiro atoms. The van der Waals surface area contributed by atoms with Gasteiger partial charge >= 0.3 is 0 Å². The Bertz CT molecular complexity index is 239. The van der Waals surface area contributed by atoms with Gasteiger partial charge in [-0.05, 0) is 23.9 Å². The molecule has 0 radical (unpaired) electrons. The van der Waals surface area contributed by atoms with E-state index in [-0.39, 0.29) is 5.24 Å². The number of hydrogen-bond donors (Lipinski definition) is 1. The Balaban J connectivity index is 2.58. The lowest BCUT2D eigenvalue weighted by atomic mass is 10.4. The van der Waals surface area contributed by atoms with Crippen molar-refractivity contribution in [3.63, 3.8) is 0 Å². The van der Waals surface area contributed by atoms with E-state index in [1.54, 1.807) is 0 Å². The zero-order valence-corrected chi connectivity index (χ0v) is 7.15. The van der Waals surface area contributed by atoms with E-state index in [0.29, 0.717) is 0 Å². The van der Waals surface area contributed by atoms with Crippen molar-refractivity contribution in [3.8, 4) is 0 Å². The van der Waals surface area contributed by atoms with Crippen LogP contribution in [0.15, 0.2) is 35.2 Å². The molecule has 11 heavy (non-hydrogen) atoms. The standard InChI is InChI=1S/C7H6ClNOS/c8-9-7(10)11-6-4-2-1-3-5-6/h1-5H,(H,9,10). The maximum Gasteiger partial charge on any atom is 0.298 e. The highest BCUT2D eigenvalue weighted by molar-refractivity contribution is 8.13. The second kappa shape index (κ2) is 4.26. The van der Waals surface area contributed by atoms with Crippen LogP contribution < -0.4 is 4.84 Å². The first-order chi connectivity index (χ1) is 5.33. The van der Waals surface area contributed by atoms with Crippen LogP contribution in [0.1, 0.15) is 0 Å². The fourth-order valence-corrected chi connectivity index (χ4v) is 1.28. The van der Waals surface area contributed by atoms with Gasteiger partial charge in [0.25, 0.3) is 5.24 Å². The summed E-state index contributed by atoms with van der Waals surface area (Å²) in [7, 11) is 0. The third-order valence-corrected chi connectivity index (χ3v) is 2.11. The Labute approximate surface area is 74.0 Å². The van der Waals surface area contributed by atoms with Gasteiger partial charge in [-0.2, -0.15) is 0 Å². The summed E-state index contributed by atoms with van der Waals surface area (Å²) in [6, 6.07) is 9.31. The van der Waals surface area contributed by atoms with Gasteiger partial charge in [-0.25, -0.2) is 0 Å². The number of carbonyl (C=O) groups excluding carboxylic acids is 1. The second-order valence-electron chi connectivity index (χ2n) is 1.80. The molecule has 0 atom stereocenters. The van der Waals surface area contributed by atoms with Crippen LogP contribution in [0.2, 0.25) is 0 Å². The summed E-state index contributed by atoms with van der Waals surface area (Å²) < 4.78 is 0. The highest BCUT2D eigenvalue weighted by atomic mass is 35.5. The lowest BCUT2D eigenvalue weighted by Gasteiger charge is -1.95. The minimum atomic E-state index is -0.266. The number of rotatable bonds is 1. The molecule has 0 saturated heterocycles. The molecule has 1 N–H and O–H groups in total. The highest BCUT2D eigenvalue weighted by Gasteiger charge is 1.99. The first kappa shape index (κ1) is 8.43. The van der Waals surface area contributed by atoms with Gasteiger partial charge in [-0.1, -0.05) is 18.2 Å². The van der Waals surface area contributed by atoms with Crippen LogP contribution in [-0.4, -0.2) is 5.24 Å². The first-order valence-corrected chi connectivity index (χ1v) is 4.16. The summed E-state index contributed by atoms with van der Waals surface area (Å²) in [6.45, 7) is 0. The van der Waals surface area contributed by atoms with Gasteiger partial charge in [0.05, 0.1) is 0 Å². The number of nitrogens with one attached hydrogen (secondary N) is 1. The molecule has 4 heteroatoms. The van der Waals surface area contributed by atoms with Gasteiger partial charge in [-0.3, -0.25) is 9.63 Å². The van der Waals surface area contributed by atoms with Crippen molar-refractivity contribution < 1.29 is 4.79 Å². The van der Waals surface area contributed by atoms with Gasteiger partial charge in [0.15, 0.2) is 0 Å². The lowest BCUT2D eigenvalue weighted by molar-refractivity contribution is 0.265. The highest BCUT2D eigenvalue weighted by Crippen LogP contribution is 2.17. The molecule has 1 rings (SSSR count). The predicted molar refractivity (Wildman–Crippen MR) is 46.7 cm³/mol. The van der Waals surface area contributed by atoms with Crippen LogP contribution in [0.5, 0.6) is 0 Å². The van der Waals surface area contributed by atoms with E-state index in [1.165, 1.54) is 0 Å². The number of benzene rings is 1. The van der Waals surface area contributed by atoms with Crippen molar-refractivity contribution >= 4 is 28.8 Å². The molecule has 58 valence electrons. The van der Waals surface area contributed by atoms with Gasteiger partial charge in [0, 0.05) is 16.7 Å². The number of hydrogen-bond acceptors (Lipinski definition) is 2. The molecule has 1 aromatic carbocycles. The largest absolute Gasteiger partial charge is 0.298 e. The molecule has 0 unspecified atom stereocenters. The maximum atomic E-state index is 10.7. The average molecular weight is 188 g/mol. The van der Waals surface area contributed by atoms with E-state index in [9.17, 15) is 4.79 Å². The number of carbonyl (C=O) groups is 1. The molecule has 2 nitrogen and oxygen atoms in total. The number of thioether (sulfide) groups is 1. The lowest BCUT2D eigenvalue weighted by Crippen LogP contribution is -2.03. The fraction of sp³-hybridized carbons (Fsp3) is 0. The molecule has 0 saturated carbocycles. The number of amides is 1. The molecule has 0 fully saturated rings. The minimum absolute atomic E-state index is 0.266. The van der Waals surface area contributed by atoms with Crippen LogP contribution in [0.3, 0.4) is 0 Å². The van der Waals surface area contributed by atoms with Gasteiger partial charge in [-0.15, -0.1) is 0 Å². The zero-order chi connectivity index (χ0) is 8.10. The molecular formula is C7H6ClNOS. The van der Waals surface area contributed by atoms with Crippen molar-refractivity contribution in [2.24, 2.45) is 0 Å². The normalized spacial score (nSPS) is 9.18. The van der Waals surface area contributed by atoms with E-state index in [2.05, 4.69) is 0 Å². The van der Waals surface area contributed by atoms with Crippen molar-refractivity contribution in [1.82, 2.24) is 4.84 Å². The fourth-order valence-electron chi connectivity index (χ4n) is 0.615. The van der Waals surface area contributed by atoms with Crippen molar-refractivity contribution in [3.05, 3.63) is 30.3 Å². The SMILES string of the molecule is O=C(NCl)Sc1ccccc1. The zero-order valence-electron chi connectivity index (χ0n) is 5.58. The summed E-state index contributed by atoms with van der Waals surface area (Å²) in [5.74, 6) is 0. The molecule has 0 aliphatic heterocycles. The Hall–Kier alpha value is -0.670. The van der Waals surface area contributed by atoms with Gasteiger partial charge in [0.2, 0.25) is 0 Å². The molecule has 0 bridgehead atoms. The molecule has 0 aliphatic carbocycles. The van der Waals surface area contributed by atoms with E-state index in [0.717, 1.165) is 16.7 Å². The Kier molecular flexibility index (Phi) is 3.26. The molecule has 1 amide bonds. The van der Waals surface area contributed by atoms with Crippen molar-refractivity contribution in [1.29, 1.82) is 0 Å². The van der Waals surface area contributed by atoms with Crippen LogP contribution in [0.4, 0.5) is 4.79 Å². The van der Waals surface area contributed by atoms with Gasteiger partial charge in [0.1, 0.15) is 0 Å². The summed E-state index contributed by atoms with van der Waals surface area (Å²) in [4.78, 5) is 13.6. The number of halogens is 1. The van der Waals surface area contributed by atoms with E-state index >= 15 is 0 Å². The smallest absolute Gasteiger partial charge is 0.260 e. The molecule has 0 aliphatic rings. The van der Waals surface area contributed by atoms with E-state index in [4.69, 9.17) is 11.8 Å². The average Bonchev–Trinajstić information content (AvgIpc) is 2.06. The molecule has 0 heterocycles. The quantitative estimate of drug-likeness (QED) is 0.541. The topological polar surface area (TPSA) is 29.1 Å². The van der Waals surface area contributed by atoms with Crippen molar-refractivity contribution in [2.45, 2.75) is 4.90 Å². The molecule has 0 aromatic heterocycles. The summed E-state index contributed by atoms with van der Waals surface area (Å²) in [5.41, 5.74) is 0. The maximum absolute atomic E-state index is 10.7. The Morgan fingerprint density at radius 3 is 2.55 bits per heavy atom. The summed E-state index contributed by atoms with van der Waals surface area (Å²) in [6.07, 6.45) is 0. The predicted octanol–water partition coefficient (Wildman–Crippen LogP) is 2.64. The molecular weight excluding hydrogens is 182 g/mol. The second-order valence-corrected chi connectivity index (χ2v) is 3.03. The van der Waals surface area contributed by atoms with E-state index in [1.807, 2.05) is 35.2 Å². The van der Waals surface area contributed by atoms with Crippen LogP contribution in [0.25, 0.3) is 0 Å². The van der Waals surface area contributed by atoms with Gasteiger partial charge < -0.3 is 0 Å².